The van der Waals surface area contributed by atoms with E-state index >= 15 is 0 Å². The number of anilines is 1. The zero-order chi connectivity index (χ0) is 12.9. The topological polar surface area (TPSA) is 62.7 Å². The van der Waals surface area contributed by atoms with Crippen LogP contribution in [0.2, 0.25) is 0 Å². The van der Waals surface area contributed by atoms with Gasteiger partial charge in [-0.15, -0.1) is 10.2 Å². The normalized spacial score (nSPS) is 15.3. The van der Waals surface area contributed by atoms with Gasteiger partial charge >= 0.3 is 0 Å². The molecular formula is C14H17N5. The van der Waals surface area contributed by atoms with Crippen LogP contribution in [0.1, 0.15) is 12.8 Å². The van der Waals surface area contributed by atoms with Crippen LogP contribution in [0.4, 0.5) is 5.95 Å². The van der Waals surface area contributed by atoms with Crippen molar-refractivity contribution >= 4 is 17.0 Å². The second-order valence-corrected chi connectivity index (χ2v) is 4.62. The molecule has 2 heterocycles. The van der Waals surface area contributed by atoms with Crippen molar-refractivity contribution in [3.63, 3.8) is 0 Å². The summed E-state index contributed by atoms with van der Waals surface area (Å²) in [4.78, 5) is 4.44. The lowest BCUT2D eigenvalue weighted by Gasteiger charge is -2.14. The monoisotopic (exact) mass is 255 g/mol. The van der Waals surface area contributed by atoms with E-state index in [1.165, 1.54) is 5.57 Å². The Morgan fingerprint density at radius 2 is 2.05 bits per heavy atom. The highest BCUT2D eigenvalue weighted by Gasteiger charge is 2.04. The summed E-state index contributed by atoms with van der Waals surface area (Å²) in [6.07, 6.45) is 4.45. The summed E-state index contributed by atoms with van der Waals surface area (Å²) >= 11 is 0. The molecule has 2 N–H and O–H groups in total. The van der Waals surface area contributed by atoms with Crippen LogP contribution in [-0.4, -0.2) is 34.8 Å². The smallest absolute Gasteiger partial charge is 0.243 e. The van der Waals surface area contributed by atoms with E-state index in [0.717, 1.165) is 43.5 Å². The number of rotatable bonds is 4. The van der Waals surface area contributed by atoms with Crippen molar-refractivity contribution in [2.45, 2.75) is 12.8 Å². The maximum atomic E-state index is 4.44. The van der Waals surface area contributed by atoms with Crippen molar-refractivity contribution in [3.05, 3.63) is 35.9 Å². The minimum Gasteiger partial charge on any atom is -0.353 e. The van der Waals surface area contributed by atoms with E-state index in [4.69, 9.17) is 0 Å². The fraction of sp³-hybridized carbons (Fsp3) is 0.357. The molecule has 0 aliphatic carbocycles. The quantitative estimate of drug-likeness (QED) is 0.815. The van der Waals surface area contributed by atoms with Gasteiger partial charge in [0.1, 0.15) is 5.52 Å². The van der Waals surface area contributed by atoms with Crippen LogP contribution < -0.4 is 10.6 Å². The number of fused-ring (bicyclic) bond motifs is 1. The largest absolute Gasteiger partial charge is 0.353 e. The van der Waals surface area contributed by atoms with Gasteiger partial charge in [0.05, 0.1) is 5.52 Å². The fourth-order valence-corrected chi connectivity index (χ4v) is 2.19. The average molecular weight is 255 g/mol. The molecule has 19 heavy (non-hydrogen) atoms. The first-order chi connectivity index (χ1) is 9.42. The molecular weight excluding hydrogens is 238 g/mol. The average Bonchev–Trinajstić information content (AvgIpc) is 2.48. The second kappa shape index (κ2) is 5.75. The van der Waals surface area contributed by atoms with Gasteiger partial charge in [-0.3, -0.25) is 0 Å². The Labute approximate surface area is 112 Å². The third-order valence-electron chi connectivity index (χ3n) is 3.25. The molecule has 0 bridgehead atoms. The Morgan fingerprint density at radius 1 is 1.16 bits per heavy atom. The first kappa shape index (κ1) is 12.0. The summed E-state index contributed by atoms with van der Waals surface area (Å²) in [5.74, 6) is 0.605. The van der Waals surface area contributed by atoms with Crippen LogP contribution >= 0.6 is 0 Å². The summed E-state index contributed by atoms with van der Waals surface area (Å²) in [6.45, 7) is 2.93. The Hall–Kier alpha value is -2.01. The van der Waals surface area contributed by atoms with E-state index in [9.17, 15) is 0 Å². The first-order valence-electron chi connectivity index (χ1n) is 6.64. The molecule has 5 heteroatoms. The summed E-state index contributed by atoms with van der Waals surface area (Å²) in [5.41, 5.74) is 3.20. The van der Waals surface area contributed by atoms with E-state index in [0.29, 0.717) is 5.95 Å². The molecule has 0 saturated heterocycles. The summed E-state index contributed by atoms with van der Waals surface area (Å²) in [6, 6.07) is 7.76. The Balaban J connectivity index is 1.60. The standard InChI is InChI=1S/C14H17N5/c1-2-4-13-12(3-1)17-14(19-18-13)16-10-7-11-5-8-15-9-6-11/h1-5,15H,6-10H2,(H,16,17,19). The van der Waals surface area contributed by atoms with E-state index in [-0.39, 0.29) is 0 Å². The molecule has 0 atom stereocenters. The molecule has 2 aromatic rings. The molecule has 1 aromatic heterocycles. The fourth-order valence-electron chi connectivity index (χ4n) is 2.19. The molecule has 1 aliphatic heterocycles. The lowest BCUT2D eigenvalue weighted by molar-refractivity contribution is 0.683. The van der Waals surface area contributed by atoms with Gasteiger partial charge in [-0.25, -0.2) is 4.98 Å². The van der Waals surface area contributed by atoms with Crippen molar-refractivity contribution in [1.82, 2.24) is 20.5 Å². The van der Waals surface area contributed by atoms with Gasteiger partial charge in [0.15, 0.2) is 0 Å². The van der Waals surface area contributed by atoms with Crippen LogP contribution in [0, 0.1) is 0 Å². The Kier molecular flexibility index (Phi) is 3.65. The van der Waals surface area contributed by atoms with Gasteiger partial charge in [-0.2, -0.15) is 0 Å². The van der Waals surface area contributed by atoms with Crippen LogP contribution in [0.3, 0.4) is 0 Å². The second-order valence-electron chi connectivity index (χ2n) is 4.62. The van der Waals surface area contributed by atoms with E-state index in [2.05, 4.69) is 31.9 Å². The van der Waals surface area contributed by atoms with E-state index in [1.807, 2.05) is 24.3 Å². The van der Waals surface area contributed by atoms with Crippen molar-refractivity contribution in [2.75, 3.05) is 25.0 Å². The lowest BCUT2D eigenvalue weighted by Crippen LogP contribution is -2.21. The van der Waals surface area contributed by atoms with Gasteiger partial charge in [-0.1, -0.05) is 23.8 Å². The SMILES string of the molecule is C1=C(CCNc2nnc3ccccc3n2)CCNC1. The van der Waals surface area contributed by atoms with Gasteiger partial charge in [0.25, 0.3) is 0 Å². The third-order valence-corrected chi connectivity index (χ3v) is 3.25. The molecule has 0 fully saturated rings. The molecule has 98 valence electrons. The summed E-state index contributed by atoms with van der Waals surface area (Å²) in [7, 11) is 0. The summed E-state index contributed by atoms with van der Waals surface area (Å²) in [5, 5.41) is 14.8. The van der Waals surface area contributed by atoms with E-state index < -0.39 is 0 Å². The molecule has 0 radical (unpaired) electrons. The van der Waals surface area contributed by atoms with Crippen molar-refractivity contribution < 1.29 is 0 Å². The molecule has 1 aliphatic rings. The zero-order valence-electron chi connectivity index (χ0n) is 10.8. The predicted octanol–water partition coefficient (Wildman–Crippen LogP) is 1.75. The number of benzene rings is 1. The van der Waals surface area contributed by atoms with Crippen LogP contribution in [0.15, 0.2) is 35.9 Å². The Morgan fingerprint density at radius 3 is 2.89 bits per heavy atom. The maximum absolute atomic E-state index is 4.44. The van der Waals surface area contributed by atoms with Crippen molar-refractivity contribution in [1.29, 1.82) is 0 Å². The number of nitrogens with zero attached hydrogens (tertiary/aromatic N) is 3. The molecule has 3 rings (SSSR count). The van der Waals surface area contributed by atoms with E-state index in [1.54, 1.807) is 0 Å². The predicted molar refractivity (Wildman–Crippen MR) is 76.0 cm³/mol. The number of hydrogen-bond donors (Lipinski definition) is 2. The highest BCUT2D eigenvalue weighted by Crippen LogP contribution is 2.11. The van der Waals surface area contributed by atoms with Gasteiger partial charge in [0, 0.05) is 13.1 Å². The van der Waals surface area contributed by atoms with Gasteiger partial charge < -0.3 is 10.6 Å². The van der Waals surface area contributed by atoms with Crippen molar-refractivity contribution in [2.24, 2.45) is 0 Å². The molecule has 0 unspecified atom stereocenters. The minimum absolute atomic E-state index is 0.605. The molecule has 0 amide bonds. The highest BCUT2D eigenvalue weighted by atomic mass is 15.2. The molecule has 0 spiro atoms. The number of hydrogen-bond acceptors (Lipinski definition) is 5. The summed E-state index contributed by atoms with van der Waals surface area (Å²) < 4.78 is 0. The molecule has 1 aromatic carbocycles. The zero-order valence-corrected chi connectivity index (χ0v) is 10.8. The lowest BCUT2D eigenvalue weighted by atomic mass is 10.1. The minimum atomic E-state index is 0.605. The highest BCUT2D eigenvalue weighted by molar-refractivity contribution is 5.73. The Bertz CT molecular complexity index is 593. The molecule has 0 saturated carbocycles. The third kappa shape index (κ3) is 3.06. The number of nitrogens with one attached hydrogen (secondary N) is 2. The number of para-hydroxylation sites is 1. The van der Waals surface area contributed by atoms with Crippen LogP contribution in [0.25, 0.3) is 11.0 Å². The first-order valence-corrected chi connectivity index (χ1v) is 6.64. The number of aromatic nitrogens is 3. The van der Waals surface area contributed by atoms with Gasteiger partial charge in [0.2, 0.25) is 5.95 Å². The maximum Gasteiger partial charge on any atom is 0.243 e. The molecule has 5 nitrogen and oxygen atoms in total. The van der Waals surface area contributed by atoms with Gasteiger partial charge in [-0.05, 0) is 31.5 Å². The van der Waals surface area contributed by atoms with Crippen molar-refractivity contribution in [3.8, 4) is 0 Å². The van der Waals surface area contributed by atoms with Crippen LogP contribution in [-0.2, 0) is 0 Å². The van der Waals surface area contributed by atoms with Crippen LogP contribution in [0.5, 0.6) is 0 Å².